The third-order valence-corrected chi connectivity index (χ3v) is 4.57. The number of rotatable bonds is 1. The van der Waals surface area contributed by atoms with Crippen molar-refractivity contribution in [2.75, 3.05) is 6.54 Å². The number of aromatic nitrogens is 1. The van der Waals surface area contributed by atoms with Crippen LogP contribution in [0.3, 0.4) is 0 Å². The van der Waals surface area contributed by atoms with Crippen LogP contribution < -0.4 is 5.32 Å². The van der Waals surface area contributed by atoms with Crippen LogP contribution in [0, 0.1) is 12.8 Å². The molecule has 3 heteroatoms. The fourth-order valence-electron chi connectivity index (χ4n) is 3.22. The summed E-state index contributed by atoms with van der Waals surface area (Å²) in [5, 5.41) is 4.29. The summed E-state index contributed by atoms with van der Waals surface area (Å²) in [6.45, 7) is 3.16. The first kappa shape index (κ1) is 12.2. The second kappa shape index (κ2) is 5.02. The first-order chi connectivity index (χ1) is 8.75. The number of pyridine rings is 1. The molecule has 0 amide bonds. The molecular formula is C15H19ClN2. The zero-order chi connectivity index (χ0) is 12.5. The van der Waals surface area contributed by atoms with Crippen molar-refractivity contribution < 1.29 is 0 Å². The summed E-state index contributed by atoms with van der Waals surface area (Å²) in [5.41, 5.74) is 3.73. The standard InChI is InChI=1S/C15H19ClN2/c1-10-8-12(9-18-15(10)16)13-6-2-4-11-5-3-7-17-14(11)13/h6,8-9,11,14,17H,2-5,7H2,1H3/t11-,14+/m1/s1. The Labute approximate surface area is 113 Å². The summed E-state index contributed by atoms with van der Waals surface area (Å²) in [5.74, 6) is 0.801. The van der Waals surface area contributed by atoms with Crippen LogP contribution in [0.1, 0.15) is 36.8 Å². The molecule has 0 aromatic carbocycles. The lowest BCUT2D eigenvalue weighted by atomic mass is 9.77. The van der Waals surface area contributed by atoms with Gasteiger partial charge in [0.1, 0.15) is 5.15 Å². The first-order valence-electron chi connectivity index (χ1n) is 6.81. The number of nitrogens with one attached hydrogen (secondary N) is 1. The van der Waals surface area contributed by atoms with Gasteiger partial charge in [-0.25, -0.2) is 4.98 Å². The molecule has 1 aliphatic carbocycles. The third-order valence-electron chi connectivity index (χ3n) is 4.17. The Morgan fingerprint density at radius 2 is 2.28 bits per heavy atom. The van der Waals surface area contributed by atoms with Crippen molar-refractivity contribution in [3.8, 4) is 0 Å². The number of nitrogens with zero attached hydrogens (tertiary/aromatic N) is 1. The number of hydrogen-bond acceptors (Lipinski definition) is 2. The van der Waals surface area contributed by atoms with E-state index in [2.05, 4.69) is 22.4 Å². The predicted molar refractivity (Wildman–Crippen MR) is 75.7 cm³/mol. The number of piperidine rings is 1. The molecular weight excluding hydrogens is 244 g/mol. The third kappa shape index (κ3) is 2.19. The summed E-state index contributed by atoms with van der Waals surface area (Å²) in [4.78, 5) is 4.29. The van der Waals surface area contributed by atoms with Crippen molar-refractivity contribution in [3.63, 3.8) is 0 Å². The number of fused-ring (bicyclic) bond motifs is 1. The molecule has 1 fully saturated rings. The molecule has 1 N–H and O–H groups in total. The highest BCUT2D eigenvalue weighted by Crippen LogP contribution is 2.36. The van der Waals surface area contributed by atoms with E-state index >= 15 is 0 Å². The average Bonchev–Trinajstić information content (AvgIpc) is 2.41. The van der Waals surface area contributed by atoms with Crippen molar-refractivity contribution in [2.24, 2.45) is 5.92 Å². The molecule has 0 bridgehead atoms. The van der Waals surface area contributed by atoms with Crippen LogP contribution in [0.15, 0.2) is 18.3 Å². The van der Waals surface area contributed by atoms with Crippen molar-refractivity contribution in [1.82, 2.24) is 10.3 Å². The van der Waals surface area contributed by atoms with Gasteiger partial charge in [-0.2, -0.15) is 0 Å². The molecule has 0 unspecified atom stereocenters. The highest BCUT2D eigenvalue weighted by atomic mass is 35.5. The van der Waals surface area contributed by atoms with E-state index in [9.17, 15) is 0 Å². The highest BCUT2D eigenvalue weighted by Gasteiger charge is 2.30. The van der Waals surface area contributed by atoms with Crippen LogP contribution in [-0.2, 0) is 0 Å². The molecule has 0 saturated carbocycles. The van der Waals surface area contributed by atoms with Gasteiger partial charge in [-0.1, -0.05) is 17.7 Å². The predicted octanol–water partition coefficient (Wildman–Crippen LogP) is 3.59. The maximum Gasteiger partial charge on any atom is 0.131 e. The minimum Gasteiger partial charge on any atom is -0.310 e. The summed E-state index contributed by atoms with van der Waals surface area (Å²) in [6.07, 6.45) is 9.48. The van der Waals surface area contributed by atoms with Crippen molar-refractivity contribution in [2.45, 2.75) is 38.6 Å². The van der Waals surface area contributed by atoms with E-state index in [1.54, 1.807) is 0 Å². The summed E-state index contributed by atoms with van der Waals surface area (Å²) in [6, 6.07) is 2.69. The van der Waals surface area contributed by atoms with Gasteiger partial charge in [-0.3, -0.25) is 0 Å². The van der Waals surface area contributed by atoms with Crippen LogP contribution in [0.4, 0.5) is 0 Å². The quantitative estimate of drug-likeness (QED) is 0.783. The highest BCUT2D eigenvalue weighted by molar-refractivity contribution is 6.30. The van der Waals surface area contributed by atoms with Crippen LogP contribution in [-0.4, -0.2) is 17.6 Å². The van der Waals surface area contributed by atoms with E-state index in [0.717, 1.165) is 18.0 Å². The molecule has 3 rings (SSSR count). The number of halogens is 1. The lowest BCUT2D eigenvalue weighted by Crippen LogP contribution is -2.43. The molecule has 1 aromatic heterocycles. The fraction of sp³-hybridized carbons (Fsp3) is 0.533. The smallest absolute Gasteiger partial charge is 0.131 e. The monoisotopic (exact) mass is 262 g/mol. The first-order valence-corrected chi connectivity index (χ1v) is 7.19. The van der Waals surface area contributed by atoms with Gasteiger partial charge in [0.05, 0.1) is 0 Å². The second-order valence-corrected chi connectivity index (χ2v) is 5.76. The van der Waals surface area contributed by atoms with E-state index < -0.39 is 0 Å². The molecule has 96 valence electrons. The van der Waals surface area contributed by atoms with Crippen LogP contribution >= 0.6 is 11.6 Å². The molecule has 1 aliphatic heterocycles. The second-order valence-electron chi connectivity index (χ2n) is 5.40. The zero-order valence-electron chi connectivity index (χ0n) is 10.7. The maximum absolute atomic E-state index is 6.01. The Morgan fingerprint density at radius 3 is 3.11 bits per heavy atom. The van der Waals surface area contributed by atoms with E-state index in [1.807, 2.05) is 13.1 Å². The molecule has 1 saturated heterocycles. The summed E-state index contributed by atoms with van der Waals surface area (Å²) in [7, 11) is 0. The minimum atomic E-state index is 0.523. The summed E-state index contributed by atoms with van der Waals surface area (Å²) >= 11 is 6.01. The van der Waals surface area contributed by atoms with Crippen molar-refractivity contribution in [1.29, 1.82) is 0 Å². The number of allylic oxidation sites excluding steroid dienone is 1. The molecule has 0 radical (unpaired) electrons. The van der Waals surface area contributed by atoms with Crippen molar-refractivity contribution >= 4 is 17.2 Å². The Bertz CT molecular complexity index is 481. The lowest BCUT2D eigenvalue weighted by molar-refractivity contribution is 0.304. The molecule has 2 nitrogen and oxygen atoms in total. The van der Waals surface area contributed by atoms with E-state index in [0.29, 0.717) is 11.2 Å². The zero-order valence-corrected chi connectivity index (χ0v) is 11.5. The summed E-state index contributed by atoms with van der Waals surface area (Å²) < 4.78 is 0. The Balaban J connectivity index is 1.94. The van der Waals surface area contributed by atoms with Gasteiger partial charge in [-0.15, -0.1) is 0 Å². The fourth-order valence-corrected chi connectivity index (χ4v) is 3.33. The van der Waals surface area contributed by atoms with Crippen molar-refractivity contribution in [3.05, 3.63) is 34.6 Å². The molecule has 18 heavy (non-hydrogen) atoms. The topological polar surface area (TPSA) is 24.9 Å². The largest absolute Gasteiger partial charge is 0.310 e. The Hall–Kier alpha value is -0.860. The molecule has 2 heterocycles. The number of hydrogen-bond donors (Lipinski definition) is 1. The normalized spacial score (nSPS) is 27.6. The molecule has 2 atom stereocenters. The van der Waals surface area contributed by atoms with Gasteiger partial charge < -0.3 is 5.32 Å². The average molecular weight is 263 g/mol. The number of aryl methyl sites for hydroxylation is 1. The van der Waals surface area contributed by atoms with Crippen LogP contribution in [0.5, 0.6) is 0 Å². The van der Waals surface area contributed by atoms with Crippen LogP contribution in [0.25, 0.3) is 5.57 Å². The van der Waals surface area contributed by atoms with Gasteiger partial charge in [0.25, 0.3) is 0 Å². The van der Waals surface area contributed by atoms with E-state index in [1.165, 1.54) is 36.8 Å². The van der Waals surface area contributed by atoms with Gasteiger partial charge in [0, 0.05) is 12.2 Å². The molecule has 0 spiro atoms. The maximum atomic E-state index is 6.01. The minimum absolute atomic E-state index is 0.523. The molecule has 2 aliphatic rings. The van der Waals surface area contributed by atoms with E-state index in [4.69, 9.17) is 11.6 Å². The SMILES string of the molecule is Cc1cc(C2=CCC[C@@H]3CCCN[C@H]23)cnc1Cl. The van der Waals surface area contributed by atoms with Gasteiger partial charge in [0.2, 0.25) is 0 Å². The molecule has 1 aromatic rings. The lowest BCUT2D eigenvalue weighted by Gasteiger charge is -2.37. The van der Waals surface area contributed by atoms with E-state index in [-0.39, 0.29) is 0 Å². The Kier molecular flexibility index (Phi) is 3.40. The van der Waals surface area contributed by atoms with Gasteiger partial charge >= 0.3 is 0 Å². The van der Waals surface area contributed by atoms with Crippen LogP contribution in [0.2, 0.25) is 5.15 Å². The van der Waals surface area contributed by atoms with Gasteiger partial charge in [-0.05, 0) is 67.8 Å². The Morgan fingerprint density at radius 1 is 1.39 bits per heavy atom. The van der Waals surface area contributed by atoms with Gasteiger partial charge in [0.15, 0.2) is 0 Å².